The number of carbonyl (C=O) groups is 1. The number of benzene rings is 2. The van der Waals surface area contributed by atoms with E-state index in [0.717, 1.165) is 17.2 Å². The highest BCUT2D eigenvalue weighted by Crippen LogP contribution is 2.39. The van der Waals surface area contributed by atoms with Crippen LogP contribution in [-0.2, 0) is 0 Å². The molecule has 0 aliphatic heterocycles. The van der Waals surface area contributed by atoms with Crippen LogP contribution in [0, 0.1) is 0 Å². The van der Waals surface area contributed by atoms with Gasteiger partial charge in [-0.25, -0.2) is 0 Å². The molecule has 2 aromatic carbocycles. The summed E-state index contributed by atoms with van der Waals surface area (Å²) in [6, 6.07) is 16.5. The third kappa shape index (κ3) is 4.28. The Morgan fingerprint density at radius 1 is 1.07 bits per heavy atom. The molecule has 27 heavy (non-hydrogen) atoms. The highest BCUT2D eigenvalue weighted by atomic mass is 16.5. The molecule has 4 rings (SSSR count). The van der Waals surface area contributed by atoms with Crippen molar-refractivity contribution in [1.82, 2.24) is 10.2 Å². The second-order valence-corrected chi connectivity index (χ2v) is 6.47. The van der Waals surface area contributed by atoms with Crippen LogP contribution in [-0.4, -0.2) is 22.7 Å². The molecular formula is C21H21N3O3. The van der Waals surface area contributed by atoms with Crippen molar-refractivity contribution in [3.63, 3.8) is 0 Å². The van der Waals surface area contributed by atoms with Crippen molar-refractivity contribution >= 4 is 11.6 Å². The van der Waals surface area contributed by atoms with Gasteiger partial charge >= 0.3 is 0 Å². The lowest BCUT2D eigenvalue weighted by atomic mass is 10.2. The molecule has 0 radical (unpaired) electrons. The van der Waals surface area contributed by atoms with Crippen LogP contribution >= 0.6 is 0 Å². The number of amides is 1. The Bertz CT molecular complexity index is 913. The molecule has 1 saturated carbocycles. The Balaban J connectivity index is 1.35. The van der Waals surface area contributed by atoms with Gasteiger partial charge in [-0.15, -0.1) is 0 Å². The largest absolute Gasteiger partial charge is 0.494 e. The molecule has 6 nitrogen and oxygen atoms in total. The zero-order valence-corrected chi connectivity index (χ0v) is 15.1. The summed E-state index contributed by atoms with van der Waals surface area (Å²) in [5.41, 5.74) is 2.14. The van der Waals surface area contributed by atoms with Crippen LogP contribution < -0.4 is 14.8 Å². The first-order chi connectivity index (χ1) is 13.2. The number of carbonyl (C=O) groups excluding carboxylic acids is 1. The molecule has 0 spiro atoms. The van der Waals surface area contributed by atoms with Gasteiger partial charge in [0.2, 0.25) is 0 Å². The molecule has 2 N–H and O–H groups in total. The second-order valence-electron chi connectivity index (χ2n) is 6.47. The number of anilines is 1. The number of rotatable bonds is 7. The molecule has 1 heterocycles. The summed E-state index contributed by atoms with van der Waals surface area (Å²) in [5, 5.41) is 9.89. The third-order valence-electron chi connectivity index (χ3n) is 4.33. The smallest absolute Gasteiger partial charge is 0.276 e. The van der Waals surface area contributed by atoms with E-state index in [1.165, 1.54) is 12.8 Å². The monoisotopic (exact) mass is 363 g/mol. The van der Waals surface area contributed by atoms with E-state index in [4.69, 9.17) is 9.47 Å². The molecule has 3 aromatic rings. The van der Waals surface area contributed by atoms with E-state index in [1.807, 2.05) is 49.4 Å². The number of H-pyrrole nitrogens is 1. The molecular weight excluding hydrogens is 342 g/mol. The molecule has 0 bridgehead atoms. The Kier molecular flexibility index (Phi) is 4.78. The Hall–Kier alpha value is -3.28. The first-order valence-electron chi connectivity index (χ1n) is 9.08. The highest BCUT2D eigenvalue weighted by Gasteiger charge is 2.26. The molecule has 1 amide bonds. The van der Waals surface area contributed by atoms with Gasteiger partial charge in [0.1, 0.15) is 17.2 Å². The average molecular weight is 363 g/mol. The summed E-state index contributed by atoms with van der Waals surface area (Å²) in [7, 11) is 0. The summed E-state index contributed by atoms with van der Waals surface area (Å²) < 4.78 is 11.2. The summed E-state index contributed by atoms with van der Waals surface area (Å²) in [6.45, 7) is 2.58. The van der Waals surface area contributed by atoms with Crippen LogP contribution in [0.2, 0.25) is 0 Å². The zero-order valence-electron chi connectivity index (χ0n) is 15.1. The maximum atomic E-state index is 12.3. The third-order valence-corrected chi connectivity index (χ3v) is 4.33. The molecule has 1 fully saturated rings. The molecule has 138 valence electrons. The van der Waals surface area contributed by atoms with E-state index >= 15 is 0 Å². The highest BCUT2D eigenvalue weighted by molar-refractivity contribution is 6.02. The summed E-state index contributed by atoms with van der Waals surface area (Å²) in [4.78, 5) is 12.3. The number of hydrogen-bond acceptors (Lipinski definition) is 4. The van der Waals surface area contributed by atoms with Gasteiger partial charge in [0, 0.05) is 17.3 Å². The van der Waals surface area contributed by atoms with Crippen molar-refractivity contribution in [2.45, 2.75) is 25.7 Å². The zero-order chi connectivity index (χ0) is 18.6. The van der Waals surface area contributed by atoms with Crippen molar-refractivity contribution < 1.29 is 14.3 Å². The normalized spacial score (nSPS) is 13.2. The number of hydrogen-bond donors (Lipinski definition) is 2. The maximum Gasteiger partial charge on any atom is 0.276 e. The molecule has 6 heteroatoms. The van der Waals surface area contributed by atoms with Gasteiger partial charge in [0.05, 0.1) is 6.61 Å². The summed E-state index contributed by atoms with van der Waals surface area (Å²) in [6.07, 6.45) is 2.33. The second kappa shape index (κ2) is 7.53. The molecule has 1 aromatic heterocycles. The lowest BCUT2D eigenvalue weighted by molar-refractivity contribution is 0.102. The van der Waals surface area contributed by atoms with Gasteiger partial charge in [-0.05, 0) is 74.4 Å². The minimum Gasteiger partial charge on any atom is -0.494 e. The minimum atomic E-state index is -0.224. The standard InChI is InChI=1S/C21H21N3O3/c1-2-26-16-9-11-18(12-10-16)27-17-7-5-15(6-8-17)22-21(25)20-13-19(23-24-20)14-3-4-14/h5-14H,2-4H2,1H3,(H,22,25)(H,23,24). The molecule has 1 aliphatic carbocycles. The van der Waals surface area contributed by atoms with Crippen LogP contribution in [0.5, 0.6) is 17.2 Å². The Morgan fingerprint density at radius 2 is 1.70 bits per heavy atom. The fourth-order valence-corrected chi connectivity index (χ4v) is 2.76. The molecule has 0 atom stereocenters. The van der Waals surface area contributed by atoms with E-state index < -0.39 is 0 Å². The van der Waals surface area contributed by atoms with Crippen molar-refractivity contribution in [2.75, 3.05) is 11.9 Å². The van der Waals surface area contributed by atoms with Crippen LogP contribution in [0.15, 0.2) is 54.6 Å². The number of nitrogens with one attached hydrogen (secondary N) is 2. The first-order valence-corrected chi connectivity index (χ1v) is 9.08. The summed E-state index contributed by atoms with van der Waals surface area (Å²) >= 11 is 0. The van der Waals surface area contributed by atoms with Gasteiger partial charge in [-0.3, -0.25) is 9.89 Å². The quantitative estimate of drug-likeness (QED) is 0.636. The lowest BCUT2D eigenvalue weighted by Gasteiger charge is -2.08. The predicted molar refractivity (Wildman–Crippen MR) is 103 cm³/mol. The van der Waals surface area contributed by atoms with Gasteiger partial charge in [0.25, 0.3) is 5.91 Å². The van der Waals surface area contributed by atoms with Gasteiger partial charge < -0.3 is 14.8 Å². The number of ether oxygens (including phenoxy) is 2. The van der Waals surface area contributed by atoms with Gasteiger partial charge in [-0.2, -0.15) is 5.10 Å². The number of aromatic nitrogens is 2. The Labute approximate surface area is 157 Å². The van der Waals surface area contributed by atoms with Crippen molar-refractivity contribution in [1.29, 1.82) is 0 Å². The SMILES string of the molecule is CCOc1ccc(Oc2ccc(NC(=O)c3cc(C4CC4)[nH]n3)cc2)cc1. The molecule has 0 saturated heterocycles. The lowest BCUT2D eigenvalue weighted by Crippen LogP contribution is -2.12. The predicted octanol–water partition coefficient (Wildman–Crippen LogP) is 4.73. The van der Waals surface area contributed by atoms with Crippen LogP contribution in [0.3, 0.4) is 0 Å². The fourth-order valence-electron chi connectivity index (χ4n) is 2.76. The topological polar surface area (TPSA) is 76.2 Å². The van der Waals surface area contributed by atoms with E-state index in [0.29, 0.717) is 29.7 Å². The van der Waals surface area contributed by atoms with E-state index in [-0.39, 0.29) is 5.91 Å². The van der Waals surface area contributed by atoms with E-state index in [2.05, 4.69) is 15.5 Å². The van der Waals surface area contributed by atoms with Crippen LogP contribution in [0.25, 0.3) is 0 Å². The number of aromatic amines is 1. The average Bonchev–Trinajstić information content (AvgIpc) is 3.42. The van der Waals surface area contributed by atoms with Gasteiger partial charge in [-0.1, -0.05) is 0 Å². The molecule has 0 unspecified atom stereocenters. The number of nitrogens with zero attached hydrogens (tertiary/aromatic N) is 1. The molecule has 1 aliphatic rings. The van der Waals surface area contributed by atoms with E-state index in [1.54, 1.807) is 12.1 Å². The minimum absolute atomic E-state index is 0.224. The van der Waals surface area contributed by atoms with Crippen LogP contribution in [0.4, 0.5) is 5.69 Å². The Morgan fingerprint density at radius 3 is 2.33 bits per heavy atom. The maximum absolute atomic E-state index is 12.3. The van der Waals surface area contributed by atoms with Crippen molar-refractivity contribution in [3.05, 3.63) is 66.0 Å². The van der Waals surface area contributed by atoms with Gasteiger partial charge in [0.15, 0.2) is 5.69 Å². The summed E-state index contributed by atoms with van der Waals surface area (Å²) in [5.74, 6) is 2.54. The van der Waals surface area contributed by atoms with Crippen molar-refractivity contribution in [2.24, 2.45) is 0 Å². The van der Waals surface area contributed by atoms with Crippen LogP contribution in [0.1, 0.15) is 41.9 Å². The van der Waals surface area contributed by atoms with Crippen molar-refractivity contribution in [3.8, 4) is 17.2 Å². The van der Waals surface area contributed by atoms with E-state index in [9.17, 15) is 4.79 Å². The first kappa shape index (κ1) is 17.1. The fraction of sp³-hybridized carbons (Fsp3) is 0.238.